The molecule has 132 valence electrons. The van der Waals surface area contributed by atoms with Crippen molar-refractivity contribution in [3.05, 3.63) is 82.3 Å². The Bertz CT molecular complexity index is 881. The zero-order valence-corrected chi connectivity index (χ0v) is 14.8. The van der Waals surface area contributed by atoms with E-state index in [4.69, 9.17) is 5.84 Å². The fourth-order valence-corrected chi connectivity index (χ4v) is 3.24. The van der Waals surface area contributed by atoms with Crippen molar-refractivity contribution >= 4 is 28.8 Å². The van der Waals surface area contributed by atoms with Crippen molar-refractivity contribution in [3.8, 4) is 0 Å². The summed E-state index contributed by atoms with van der Waals surface area (Å²) in [5.41, 5.74) is 1.64. The molecule has 3 rings (SSSR count). The molecule has 0 atom stereocenters. The number of rotatable bonds is 6. The Labute approximate surface area is 155 Å². The Morgan fingerprint density at radius 2 is 1.77 bits per heavy atom. The van der Waals surface area contributed by atoms with Gasteiger partial charge in [-0.3, -0.25) is 19.6 Å². The summed E-state index contributed by atoms with van der Waals surface area (Å²) >= 11 is 1.28. The smallest absolute Gasteiger partial charge is 0.265 e. The Morgan fingerprint density at radius 3 is 2.50 bits per heavy atom. The molecule has 0 fully saturated rings. The average molecular weight is 366 g/mol. The number of hydrogen-bond acceptors (Lipinski definition) is 5. The first-order valence-corrected chi connectivity index (χ1v) is 8.82. The summed E-state index contributed by atoms with van der Waals surface area (Å²) in [5.74, 6) is 5.46. The van der Waals surface area contributed by atoms with Crippen molar-refractivity contribution in [1.82, 2.24) is 9.99 Å². The number of pyridine rings is 1. The summed E-state index contributed by atoms with van der Waals surface area (Å²) in [6.45, 7) is 0.348. The number of anilines is 1. The molecule has 6 nitrogen and oxygen atoms in total. The molecule has 2 heterocycles. The van der Waals surface area contributed by atoms with Crippen molar-refractivity contribution in [1.29, 1.82) is 0 Å². The van der Waals surface area contributed by atoms with E-state index in [1.807, 2.05) is 30.3 Å². The van der Waals surface area contributed by atoms with Crippen LogP contribution in [0.5, 0.6) is 0 Å². The Morgan fingerprint density at radius 1 is 1.04 bits per heavy atom. The number of nitrogens with zero attached hydrogens (tertiary/aromatic N) is 2. The molecule has 0 saturated heterocycles. The van der Waals surface area contributed by atoms with Gasteiger partial charge in [-0.15, -0.1) is 11.3 Å². The van der Waals surface area contributed by atoms with E-state index in [9.17, 15) is 9.59 Å². The van der Waals surface area contributed by atoms with Crippen molar-refractivity contribution in [3.63, 3.8) is 0 Å². The Kier molecular flexibility index (Phi) is 5.73. The highest BCUT2D eigenvalue weighted by atomic mass is 32.1. The van der Waals surface area contributed by atoms with Gasteiger partial charge in [0.05, 0.1) is 17.8 Å². The van der Waals surface area contributed by atoms with Crippen LogP contribution in [-0.4, -0.2) is 21.8 Å². The summed E-state index contributed by atoms with van der Waals surface area (Å²) in [4.78, 5) is 29.8. The van der Waals surface area contributed by atoms with Crippen LogP contribution in [-0.2, 0) is 17.8 Å². The van der Waals surface area contributed by atoms with E-state index in [0.717, 1.165) is 10.4 Å². The van der Waals surface area contributed by atoms with Crippen molar-refractivity contribution < 1.29 is 9.59 Å². The molecule has 3 N–H and O–H groups in total. The number of hydrazine groups is 1. The molecule has 0 aliphatic carbocycles. The van der Waals surface area contributed by atoms with Crippen molar-refractivity contribution in [2.24, 2.45) is 5.84 Å². The molecule has 0 spiro atoms. The lowest BCUT2D eigenvalue weighted by Crippen LogP contribution is -2.37. The first-order chi connectivity index (χ1) is 12.6. The lowest BCUT2D eigenvalue weighted by Gasteiger charge is -2.16. The maximum atomic E-state index is 12.3. The average Bonchev–Trinajstić information content (AvgIpc) is 3.12. The zero-order chi connectivity index (χ0) is 18.4. The summed E-state index contributed by atoms with van der Waals surface area (Å²) in [6.07, 6.45) is 3.38. The van der Waals surface area contributed by atoms with Gasteiger partial charge in [0.1, 0.15) is 0 Å². The molecule has 0 unspecified atom stereocenters. The highest BCUT2D eigenvalue weighted by Gasteiger charge is 2.15. The number of carbonyl (C=O) groups excluding carboxylic acids is 2. The van der Waals surface area contributed by atoms with Gasteiger partial charge in [0.25, 0.3) is 5.91 Å². The molecule has 3 aromatic rings. The SMILES string of the molecule is NN(Cc1ccccc1)C(=O)Cc1ccc(C(=O)Nc2ccncc2)s1. The third-order valence-corrected chi connectivity index (χ3v) is 4.75. The van der Waals surface area contributed by atoms with Crippen LogP contribution >= 0.6 is 11.3 Å². The Balaban J connectivity index is 1.57. The van der Waals surface area contributed by atoms with E-state index >= 15 is 0 Å². The van der Waals surface area contributed by atoms with Gasteiger partial charge in [0.2, 0.25) is 5.91 Å². The third kappa shape index (κ3) is 4.75. The molecule has 2 aromatic heterocycles. The summed E-state index contributed by atoms with van der Waals surface area (Å²) < 4.78 is 0. The molecule has 1 aromatic carbocycles. The van der Waals surface area contributed by atoms with Crippen molar-refractivity contribution in [2.75, 3.05) is 5.32 Å². The van der Waals surface area contributed by atoms with E-state index in [0.29, 0.717) is 17.1 Å². The van der Waals surface area contributed by atoms with E-state index in [1.54, 1.807) is 36.7 Å². The molecular formula is C19H18N4O2S. The van der Waals surface area contributed by atoms with E-state index in [-0.39, 0.29) is 18.2 Å². The summed E-state index contributed by atoms with van der Waals surface area (Å²) in [5, 5.41) is 3.99. The number of aromatic nitrogens is 1. The zero-order valence-electron chi connectivity index (χ0n) is 14.0. The molecule has 0 radical (unpaired) electrons. The number of nitrogens with two attached hydrogens (primary N) is 1. The van der Waals surface area contributed by atoms with Crippen LogP contribution in [0.15, 0.2) is 67.0 Å². The number of carbonyl (C=O) groups is 2. The van der Waals surface area contributed by atoms with Gasteiger partial charge in [0, 0.05) is 23.0 Å². The molecule has 7 heteroatoms. The minimum absolute atomic E-state index is 0.163. The van der Waals surface area contributed by atoms with Crippen LogP contribution in [0.25, 0.3) is 0 Å². The standard InChI is InChI=1S/C19H18N4O2S/c20-23(13-14-4-2-1-3-5-14)18(24)12-16-6-7-17(26-16)19(25)22-15-8-10-21-11-9-15/h1-11H,12-13,20H2,(H,21,22,25). The molecule has 0 bridgehead atoms. The number of hydrogen-bond donors (Lipinski definition) is 2. The Hall–Kier alpha value is -3.03. The third-order valence-electron chi connectivity index (χ3n) is 3.67. The number of benzene rings is 1. The normalized spacial score (nSPS) is 10.3. The highest BCUT2D eigenvalue weighted by Crippen LogP contribution is 2.19. The van der Waals surface area contributed by atoms with Gasteiger partial charge >= 0.3 is 0 Å². The fraction of sp³-hybridized carbons (Fsp3) is 0.105. The van der Waals surface area contributed by atoms with Crippen LogP contribution in [0, 0.1) is 0 Å². The van der Waals surface area contributed by atoms with Crippen LogP contribution in [0.2, 0.25) is 0 Å². The number of amides is 2. The maximum Gasteiger partial charge on any atom is 0.265 e. The second-order valence-corrected chi connectivity index (χ2v) is 6.81. The van der Waals surface area contributed by atoms with Gasteiger partial charge in [-0.05, 0) is 29.8 Å². The molecule has 0 aliphatic rings. The largest absolute Gasteiger partial charge is 0.321 e. The molecule has 26 heavy (non-hydrogen) atoms. The van der Waals surface area contributed by atoms with Crippen molar-refractivity contribution in [2.45, 2.75) is 13.0 Å². The highest BCUT2D eigenvalue weighted by molar-refractivity contribution is 7.14. The van der Waals surface area contributed by atoms with Crippen LogP contribution in [0.3, 0.4) is 0 Å². The molecule has 0 aliphatic heterocycles. The molecule has 0 saturated carbocycles. The van der Waals surface area contributed by atoms with Gasteiger partial charge < -0.3 is 5.32 Å². The van der Waals surface area contributed by atoms with Crippen LogP contribution < -0.4 is 11.2 Å². The summed E-state index contributed by atoms with van der Waals surface area (Å²) in [7, 11) is 0. The van der Waals surface area contributed by atoms with Gasteiger partial charge in [-0.25, -0.2) is 5.84 Å². The second-order valence-electron chi connectivity index (χ2n) is 5.64. The van der Waals surface area contributed by atoms with Gasteiger partial charge in [0.15, 0.2) is 0 Å². The maximum absolute atomic E-state index is 12.3. The predicted molar refractivity (Wildman–Crippen MR) is 101 cm³/mol. The monoisotopic (exact) mass is 366 g/mol. The quantitative estimate of drug-likeness (QED) is 0.399. The minimum atomic E-state index is -0.214. The van der Waals surface area contributed by atoms with Crippen LogP contribution in [0.4, 0.5) is 5.69 Å². The van der Waals surface area contributed by atoms with E-state index in [1.165, 1.54) is 16.3 Å². The lowest BCUT2D eigenvalue weighted by atomic mass is 10.2. The minimum Gasteiger partial charge on any atom is -0.321 e. The lowest BCUT2D eigenvalue weighted by molar-refractivity contribution is -0.131. The first kappa shape index (κ1) is 17.8. The van der Waals surface area contributed by atoms with Gasteiger partial charge in [-0.2, -0.15) is 0 Å². The first-order valence-electron chi connectivity index (χ1n) is 8.01. The van der Waals surface area contributed by atoms with E-state index < -0.39 is 0 Å². The molecular weight excluding hydrogens is 348 g/mol. The van der Waals surface area contributed by atoms with E-state index in [2.05, 4.69) is 10.3 Å². The number of thiophene rings is 1. The fourth-order valence-electron chi connectivity index (χ4n) is 2.34. The molecule has 2 amide bonds. The number of nitrogens with one attached hydrogen (secondary N) is 1. The van der Waals surface area contributed by atoms with Gasteiger partial charge in [-0.1, -0.05) is 30.3 Å². The topological polar surface area (TPSA) is 88.3 Å². The summed E-state index contributed by atoms with van der Waals surface area (Å²) in [6, 6.07) is 16.5. The second kappa shape index (κ2) is 8.37. The van der Waals surface area contributed by atoms with Crippen LogP contribution in [0.1, 0.15) is 20.1 Å². The predicted octanol–water partition coefficient (Wildman–Crippen LogP) is 2.84.